The molecule has 0 fully saturated rings. The Morgan fingerprint density at radius 2 is 1.64 bits per heavy atom. The van der Waals surface area contributed by atoms with Crippen molar-refractivity contribution in [2.75, 3.05) is 13.2 Å². The number of ether oxygens (including phenoxy) is 1. The molecule has 1 N–H and O–H groups in total. The highest BCUT2D eigenvalue weighted by atomic mass is 127. The van der Waals surface area contributed by atoms with Crippen molar-refractivity contribution in [3.05, 3.63) is 30.6 Å². The smallest absolute Gasteiger partial charge is 0.305 e. The third-order valence-corrected chi connectivity index (χ3v) is 3.53. The van der Waals surface area contributed by atoms with E-state index in [1.165, 1.54) is 25.7 Å². The largest absolute Gasteiger partial charge is 1.00 e. The van der Waals surface area contributed by atoms with Gasteiger partial charge in [0.15, 0.2) is 12.4 Å². The van der Waals surface area contributed by atoms with Gasteiger partial charge in [0.25, 0.3) is 5.91 Å². The van der Waals surface area contributed by atoms with E-state index in [2.05, 4.69) is 12.2 Å². The molecule has 5 nitrogen and oxygen atoms in total. The Morgan fingerprint density at radius 3 is 2.32 bits per heavy atom. The van der Waals surface area contributed by atoms with Gasteiger partial charge < -0.3 is 22.5 Å². The van der Waals surface area contributed by atoms with Crippen LogP contribution in [0.4, 0.5) is 0 Å². The van der Waals surface area contributed by atoms with Crippen LogP contribution < -0.4 is 22.3 Å². The molecule has 0 saturated carbocycles. The lowest BCUT2D eigenvalue weighted by Gasteiger charge is -2.06. The van der Waals surface area contributed by atoms with Crippen LogP contribution in [0.3, 0.4) is 0 Å². The van der Waals surface area contributed by atoms with Crippen LogP contribution in [-0.2, 0) is 20.9 Å². The molecule has 25 heavy (non-hydrogen) atoms. The van der Waals surface area contributed by atoms with E-state index in [0.717, 1.165) is 12.8 Å². The van der Waals surface area contributed by atoms with Crippen molar-refractivity contribution in [2.24, 2.45) is 0 Å². The molecule has 0 atom stereocenters. The number of esters is 1. The summed E-state index contributed by atoms with van der Waals surface area (Å²) < 4.78 is 6.90. The number of hydrogen-bond donors (Lipinski definition) is 1. The summed E-state index contributed by atoms with van der Waals surface area (Å²) >= 11 is 0. The van der Waals surface area contributed by atoms with E-state index in [-0.39, 0.29) is 61.4 Å². The minimum absolute atomic E-state index is 0. The summed E-state index contributed by atoms with van der Waals surface area (Å²) in [6.45, 7) is 3.05. The number of unbranched alkanes of at least 4 members (excludes halogenated alkanes) is 5. The molecule has 1 aromatic heterocycles. The number of carbonyl (C=O) groups is 2. The van der Waals surface area contributed by atoms with E-state index in [9.17, 15) is 9.59 Å². The molecule has 7 heteroatoms. The van der Waals surface area contributed by atoms with Crippen molar-refractivity contribution >= 4 is 35.9 Å². The van der Waals surface area contributed by atoms with E-state index in [0.29, 0.717) is 13.0 Å². The molecule has 0 bridgehead atoms. The van der Waals surface area contributed by atoms with Crippen molar-refractivity contribution in [1.82, 2.24) is 5.32 Å². The number of aromatic nitrogens is 1. The molecule has 0 saturated heterocycles. The standard InChI is InChI=1S/C18H28N2O3.ClH.HI/c1-2-3-4-5-6-8-11-18(22)23-15-12-19-17(21)16-20-13-9-7-10-14-20;;/h7,9-10,13-14H,2-6,8,11-12,15-16H2,1H3;2*1H. The zero-order valence-electron chi connectivity index (χ0n) is 14.9. The molecular formula is C18H30ClIN2O3. The summed E-state index contributed by atoms with van der Waals surface area (Å²) in [6.07, 6.45) is 11.0. The van der Waals surface area contributed by atoms with Gasteiger partial charge in [-0.3, -0.25) is 9.59 Å². The molecule has 1 heterocycles. The highest BCUT2D eigenvalue weighted by molar-refractivity contribution is 14.0. The molecule has 0 spiro atoms. The lowest BCUT2D eigenvalue weighted by molar-refractivity contribution is -0.684. The number of amides is 1. The maximum absolute atomic E-state index is 11.7. The molecule has 144 valence electrons. The summed E-state index contributed by atoms with van der Waals surface area (Å²) in [5.74, 6) is -0.264. The van der Waals surface area contributed by atoms with E-state index >= 15 is 0 Å². The van der Waals surface area contributed by atoms with Crippen molar-refractivity contribution in [1.29, 1.82) is 0 Å². The summed E-state index contributed by atoms with van der Waals surface area (Å²) in [6, 6.07) is 5.65. The first kappa shape index (κ1) is 26.3. The average Bonchev–Trinajstić information content (AvgIpc) is 2.56. The topological polar surface area (TPSA) is 59.3 Å². The van der Waals surface area contributed by atoms with Crippen molar-refractivity contribution in [3.63, 3.8) is 0 Å². The van der Waals surface area contributed by atoms with Crippen molar-refractivity contribution in [3.8, 4) is 0 Å². The Bertz CT molecular complexity index is 461. The van der Waals surface area contributed by atoms with Gasteiger partial charge in [-0.1, -0.05) is 45.1 Å². The van der Waals surface area contributed by atoms with Crippen molar-refractivity contribution in [2.45, 2.75) is 58.4 Å². The Balaban J connectivity index is 0. The summed E-state index contributed by atoms with van der Waals surface area (Å²) in [4.78, 5) is 23.2. The van der Waals surface area contributed by atoms with Crippen LogP contribution in [-0.4, -0.2) is 25.0 Å². The van der Waals surface area contributed by atoms with Crippen LogP contribution in [0.15, 0.2) is 30.6 Å². The van der Waals surface area contributed by atoms with Gasteiger partial charge in [0, 0.05) is 18.6 Å². The molecule has 0 aliphatic carbocycles. The molecule has 0 aliphatic rings. The Morgan fingerprint density at radius 1 is 1.00 bits per heavy atom. The Labute approximate surface area is 174 Å². The van der Waals surface area contributed by atoms with E-state index < -0.39 is 0 Å². The number of carbonyl (C=O) groups excluding carboxylic acids is 2. The van der Waals surface area contributed by atoms with E-state index in [4.69, 9.17) is 4.74 Å². The molecule has 1 amide bonds. The summed E-state index contributed by atoms with van der Waals surface area (Å²) in [7, 11) is 0. The zero-order valence-corrected chi connectivity index (χ0v) is 18.0. The SMILES string of the molecule is CCCCCCCCC(=O)OCCNC(=O)C[n+]1ccccc1.I.[Cl-]. The predicted octanol–water partition coefficient (Wildman–Crippen LogP) is 0.00610. The normalized spacial score (nSPS) is 9.48. The van der Waals surface area contributed by atoms with E-state index in [1.54, 1.807) is 4.57 Å². The zero-order chi connectivity index (χ0) is 16.8. The Hall–Kier alpha value is -0.890. The molecule has 1 aromatic rings. The minimum atomic E-state index is -0.174. The van der Waals surface area contributed by atoms with Gasteiger partial charge in [0.05, 0.1) is 6.54 Å². The van der Waals surface area contributed by atoms with Gasteiger partial charge in [-0.25, -0.2) is 0 Å². The maximum atomic E-state index is 11.7. The van der Waals surface area contributed by atoms with Gasteiger partial charge in [0.2, 0.25) is 6.54 Å². The van der Waals surface area contributed by atoms with Crippen molar-refractivity contribution < 1.29 is 31.3 Å². The molecule has 0 aromatic carbocycles. The number of hydrogen-bond acceptors (Lipinski definition) is 3. The van der Waals surface area contributed by atoms with Crippen LogP contribution in [0.5, 0.6) is 0 Å². The molecule has 0 aliphatic heterocycles. The first-order valence-electron chi connectivity index (χ1n) is 8.58. The minimum Gasteiger partial charge on any atom is -1.00 e. The van der Waals surface area contributed by atoms with Gasteiger partial charge in [-0.15, -0.1) is 24.0 Å². The van der Waals surface area contributed by atoms with Crippen LogP contribution in [0, 0.1) is 0 Å². The maximum Gasteiger partial charge on any atom is 0.305 e. The third kappa shape index (κ3) is 15.1. The Kier molecular flexibility index (Phi) is 18.9. The fraction of sp³-hybridized carbons (Fsp3) is 0.611. The lowest BCUT2D eigenvalue weighted by Crippen LogP contribution is -3.00. The number of halogens is 2. The third-order valence-electron chi connectivity index (χ3n) is 3.53. The molecule has 0 unspecified atom stereocenters. The highest BCUT2D eigenvalue weighted by Gasteiger charge is 2.08. The summed E-state index contributed by atoms with van der Waals surface area (Å²) in [5, 5.41) is 2.74. The first-order chi connectivity index (χ1) is 11.2. The van der Waals surface area contributed by atoms with Crippen LogP contribution in [0.1, 0.15) is 51.9 Å². The quantitative estimate of drug-likeness (QED) is 0.197. The van der Waals surface area contributed by atoms with Gasteiger partial charge >= 0.3 is 5.97 Å². The number of nitrogens with zero attached hydrogens (tertiary/aromatic N) is 1. The first-order valence-corrected chi connectivity index (χ1v) is 8.58. The lowest BCUT2D eigenvalue weighted by atomic mass is 10.1. The fourth-order valence-electron chi connectivity index (χ4n) is 2.24. The van der Waals surface area contributed by atoms with Gasteiger partial charge in [0.1, 0.15) is 6.61 Å². The molecule has 1 rings (SSSR count). The van der Waals surface area contributed by atoms with Crippen LogP contribution >= 0.6 is 24.0 Å². The summed E-state index contributed by atoms with van der Waals surface area (Å²) in [5.41, 5.74) is 0. The monoisotopic (exact) mass is 484 g/mol. The van der Waals surface area contributed by atoms with E-state index in [1.807, 2.05) is 30.6 Å². The van der Waals surface area contributed by atoms with Crippen LogP contribution in [0.25, 0.3) is 0 Å². The average molecular weight is 485 g/mol. The van der Waals surface area contributed by atoms with Crippen LogP contribution in [0.2, 0.25) is 0 Å². The second-order valence-electron chi connectivity index (χ2n) is 5.64. The van der Waals surface area contributed by atoms with Gasteiger partial charge in [-0.05, 0) is 6.42 Å². The number of rotatable bonds is 12. The second-order valence-corrected chi connectivity index (χ2v) is 5.64. The predicted molar refractivity (Wildman–Crippen MR) is 104 cm³/mol. The molecular weight excluding hydrogens is 455 g/mol. The highest BCUT2D eigenvalue weighted by Crippen LogP contribution is 2.07. The number of nitrogens with one attached hydrogen (secondary N) is 1. The second kappa shape index (κ2) is 17.9. The molecule has 0 radical (unpaired) electrons. The number of pyridine rings is 1. The van der Waals surface area contributed by atoms with Gasteiger partial charge in [-0.2, -0.15) is 4.57 Å². The fourth-order valence-corrected chi connectivity index (χ4v) is 2.24.